The number of imidazole rings is 1. The standard InChI is InChI=1S/C13H13ClN4S/c1-7-8(2)19-13-11(7)12(14)16-10(17-13)6-18-5-4-15-9(18)3/h4-5H,6H2,1-3H3. The Labute approximate surface area is 120 Å². The summed E-state index contributed by atoms with van der Waals surface area (Å²) in [4.78, 5) is 15.4. The first-order chi connectivity index (χ1) is 9.06. The molecule has 0 fully saturated rings. The topological polar surface area (TPSA) is 43.6 Å². The van der Waals surface area contributed by atoms with Crippen molar-refractivity contribution in [2.24, 2.45) is 0 Å². The SMILES string of the molecule is Cc1sc2nc(Cn3ccnc3C)nc(Cl)c2c1C. The van der Waals surface area contributed by atoms with Gasteiger partial charge in [-0.2, -0.15) is 0 Å². The molecular weight excluding hydrogens is 280 g/mol. The van der Waals surface area contributed by atoms with E-state index in [9.17, 15) is 0 Å². The van der Waals surface area contributed by atoms with Gasteiger partial charge in [0.15, 0.2) is 5.82 Å². The Bertz CT molecular complexity index is 759. The summed E-state index contributed by atoms with van der Waals surface area (Å²) in [5, 5.41) is 1.52. The Morgan fingerprint density at radius 3 is 2.74 bits per heavy atom. The first kappa shape index (κ1) is 12.6. The summed E-state index contributed by atoms with van der Waals surface area (Å²) in [6.45, 7) is 6.69. The Morgan fingerprint density at radius 1 is 1.26 bits per heavy atom. The minimum absolute atomic E-state index is 0.541. The maximum atomic E-state index is 6.29. The lowest BCUT2D eigenvalue weighted by Gasteiger charge is -2.05. The van der Waals surface area contributed by atoms with Gasteiger partial charge in [0.05, 0.1) is 11.9 Å². The van der Waals surface area contributed by atoms with Crippen molar-refractivity contribution in [1.29, 1.82) is 0 Å². The molecule has 0 aliphatic heterocycles. The fraction of sp³-hybridized carbons (Fsp3) is 0.308. The van der Waals surface area contributed by atoms with Crippen molar-refractivity contribution in [3.8, 4) is 0 Å². The molecular formula is C13H13ClN4S. The average Bonchev–Trinajstić information content (AvgIpc) is 2.85. The highest BCUT2D eigenvalue weighted by Gasteiger charge is 2.13. The maximum Gasteiger partial charge on any atom is 0.151 e. The first-order valence-electron chi connectivity index (χ1n) is 5.96. The van der Waals surface area contributed by atoms with Gasteiger partial charge in [0.2, 0.25) is 0 Å². The molecule has 0 atom stereocenters. The van der Waals surface area contributed by atoms with Crippen LogP contribution in [0, 0.1) is 20.8 Å². The second kappa shape index (κ2) is 4.58. The summed E-state index contributed by atoms with van der Waals surface area (Å²) in [5.74, 6) is 1.67. The van der Waals surface area contributed by atoms with Crippen LogP contribution in [-0.2, 0) is 6.54 Å². The molecule has 0 spiro atoms. The molecule has 0 amide bonds. The van der Waals surface area contributed by atoms with Crippen LogP contribution in [0.25, 0.3) is 10.2 Å². The van der Waals surface area contributed by atoms with E-state index in [0.29, 0.717) is 11.7 Å². The Morgan fingerprint density at radius 2 is 2.05 bits per heavy atom. The van der Waals surface area contributed by atoms with Crippen molar-refractivity contribution < 1.29 is 0 Å². The summed E-state index contributed by atoms with van der Waals surface area (Å²) in [7, 11) is 0. The fourth-order valence-electron chi connectivity index (χ4n) is 2.04. The van der Waals surface area contributed by atoms with Crippen molar-refractivity contribution in [2.75, 3.05) is 0 Å². The fourth-order valence-corrected chi connectivity index (χ4v) is 3.47. The van der Waals surface area contributed by atoms with Crippen molar-refractivity contribution in [3.63, 3.8) is 0 Å². The van der Waals surface area contributed by atoms with Crippen LogP contribution in [0.4, 0.5) is 0 Å². The predicted molar refractivity (Wildman–Crippen MR) is 78.0 cm³/mol. The first-order valence-corrected chi connectivity index (χ1v) is 7.15. The second-order valence-corrected chi connectivity index (χ2v) is 6.06. The molecule has 0 saturated carbocycles. The third-order valence-electron chi connectivity index (χ3n) is 3.27. The highest BCUT2D eigenvalue weighted by molar-refractivity contribution is 7.18. The van der Waals surface area contributed by atoms with Crippen LogP contribution < -0.4 is 0 Å². The summed E-state index contributed by atoms with van der Waals surface area (Å²) < 4.78 is 2.00. The van der Waals surface area contributed by atoms with E-state index in [1.165, 1.54) is 10.4 Å². The number of halogens is 1. The van der Waals surface area contributed by atoms with Gasteiger partial charge < -0.3 is 4.57 Å². The van der Waals surface area contributed by atoms with Crippen LogP contribution in [0.3, 0.4) is 0 Å². The van der Waals surface area contributed by atoms with Gasteiger partial charge in [-0.05, 0) is 26.3 Å². The third-order valence-corrected chi connectivity index (χ3v) is 4.64. The molecule has 3 aromatic rings. The predicted octanol–water partition coefficient (Wildman–Crippen LogP) is 3.51. The molecule has 0 aliphatic rings. The van der Waals surface area contributed by atoms with Gasteiger partial charge in [0.25, 0.3) is 0 Å². The molecule has 98 valence electrons. The Balaban J connectivity index is 2.09. The molecule has 0 aromatic carbocycles. The lowest BCUT2D eigenvalue weighted by molar-refractivity contribution is 0.722. The highest BCUT2D eigenvalue weighted by atomic mass is 35.5. The lowest BCUT2D eigenvalue weighted by atomic mass is 10.2. The van der Waals surface area contributed by atoms with Crippen molar-refractivity contribution in [2.45, 2.75) is 27.3 Å². The van der Waals surface area contributed by atoms with E-state index in [-0.39, 0.29) is 0 Å². The van der Waals surface area contributed by atoms with Gasteiger partial charge in [-0.1, -0.05) is 11.6 Å². The van der Waals surface area contributed by atoms with E-state index in [4.69, 9.17) is 11.6 Å². The normalized spacial score (nSPS) is 11.4. The van der Waals surface area contributed by atoms with E-state index in [1.54, 1.807) is 17.5 Å². The van der Waals surface area contributed by atoms with Crippen LogP contribution >= 0.6 is 22.9 Å². The van der Waals surface area contributed by atoms with Crippen LogP contribution in [0.15, 0.2) is 12.4 Å². The summed E-state index contributed by atoms with van der Waals surface area (Å²) in [5.41, 5.74) is 1.18. The zero-order valence-corrected chi connectivity index (χ0v) is 12.5. The number of nitrogens with zero attached hydrogens (tertiary/aromatic N) is 4. The zero-order chi connectivity index (χ0) is 13.6. The number of rotatable bonds is 2. The van der Waals surface area contributed by atoms with Crippen molar-refractivity contribution in [1.82, 2.24) is 19.5 Å². The Kier molecular flexibility index (Phi) is 3.03. The van der Waals surface area contributed by atoms with Gasteiger partial charge in [-0.15, -0.1) is 11.3 Å². The van der Waals surface area contributed by atoms with Crippen molar-refractivity contribution in [3.05, 3.63) is 39.6 Å². The molecule has 0 unspecified atom stereocenters. The van der Waals surface area contributed by atoms with Crippen LogP contribution in [-0.4, -0.2) is 19.5 Å². The van der Waals surface area contributed by atoms with Gasteiger partial charge >= 0.3 is 0 Å². The zero-order valence-electron chi connectivity index (χ0n) is 10.9. The number of fused-ring (bicyclic) bond motifs is 1. The van der Waals surface area contributed by atoms with Gasteiger partial charge in [0, 0.05) is 17.3 Å². The second-order valence-electron chi connectivity index (χ2n) is 4.50. The largest absolute Gasteiger partial charge is 0.328 e. The molecule has 3 rings (SSSR count). The molecule has 4 nitrogen and oxygen atoms in total. The lowest BCUT2D eigenvalue weighted by Crippen LogP contribution is -2.05. The minimum atomic E-state index is 0.541. The summed E-state index contributed by atoms with van der Waals surface area (Å²) in [6.07, 6.45) is 3.69. The van der Waals surface area contributed by atoms with E-state index < -0.39 is 0 Å². The van der Waals surface area contributed by atoms with E-state index >= 15 is 0 Å². The van der Waals surface area contributed by atoms with Crippen molar-refractivity contribution >= 4 is 33.2 Å². The molecule has 3 heterocycles. The number of aryl methyl sites for hydroxylation is 3. The van der Waals surface area contributed by atoms with Crippen LogP contribution in [0.5, 0.6) is 0 Å². The van der Waals surface area contributed by atoms with Crippen LogP contribution in [0.2, 0.25) is 5.15 Å². The molecule has 0 N–H and O–H groups in total. The summed E-state index contributed by atoms with van der Waals surface area (Å²) in [6, 6.07) is 0. The molecule has 0 bridgehead atoms. The highest BCUT2D eigenvalue weighted by Crippen LogP contribution is 2.32. The molecule has 0 saturated heterocycles. The monoisotopic (exact) mass is 292 g/mol. The number of hydrogen-bond donors (Lipinski definition) is 0. The molecule has 19 heavy (non-hydrogen) atoms. The number of aromatic nitrogens is 4. The molecule has 6 heteroatoms. The molecule has 3 aromatic heterocycles. The molecule has 0 aliphatic carbocycles. The third kappa shape index (κ3) is 2.13. The maximum absolute atomic E-state index is 6.29. The Hall–Kier alpha value is -1.46. The molecule has 0 radical (unpaired) electrons. The van der Waals surface area contributed by atoms with Gasteiger partial charge in [-0.25, -0.2) is 15.0 Å². The number of thiophene rings is 1. The van der Waals surface area contributed by atoms with E-state index in [1.807, 2.05) is 17.7 Å². The average molecular weight is 293 g/mol. The minimum Gasteiger partial charge on any atom is -0.328 e. The number of hydrogen-bond acceptors (Lipinski definition) is 4. The van der Waals surface area contributed by atoms with Gasteiger partial charge in [0.1, 0.15) is 15.8 Å². The quantitative estimate of drug-likeness (QED) is 0.679. The van der Waals surface area contributed by atoms with E-state index in [2.05, 4.69) is 28.8 Å². The van der Waals surface area contributed by atoms with Crippen LogP contribution in [0.1, 0.15) is 22.1 Å². The van der Waals surface area contributed by atoms with Gasteiger partial charge in [-0.3, -0.25) is 0 Å². The summed E-state index contributed by atoms with van der Waals surface area (Å²) >= 11 is 7.95. The smallest absolute Gasteiger partial charge is 0.151 e. The van der Waals surface area contributed by atoms with E-state index in [0.717, 1.165) is 21.9 Å².